The molecule has 1 aromatic rings. The minimum Gasteiger partial charge on any atom is -0.381 e. The largest absolute Gasteiger partial charge is 0.381 e. The van der Waals surface area contributed by atoms with Gasteiger partial charge in [-0.2, -0.15) is 15.4 Å². The van der Waals surface area contributed by atoms with Crippen LogP contribution in [0.2, 0.25) is 0 Å². The van der Waals surface area contributed by atoms with Gasteiger partial charge in [0.1, 0.15) is 0 Å². The number of rotatable bonds is 2. The first-order chi connectivity index (χ1) is 6.38. The lowest BCUT2D eigenvalue weighted by Crippen LogP contribution is -2.29. The zero-order chi connectivity index (χ0) is 9.10. The molecule has 2 unspecified atom stereocenters. The first-order valence-corrected chi connectivity index (χ1v) is 4.57. The predicted molar refractivity (Wildman–Crippen MR) is 46.9 cm³/mol. The topological polar surface area (TPSA) is 76.8 Å². The van der Waals surface area contributed by atoms with Crippen molar-refractivity contribution in [3.63, 3.8) is 0 Å². The van der Waals surface area contributed by atoms with E-state index in [0.29, 0.717) is 5.92 Å². The molecule has 1 aliphatic heterocycles. The second kappa shape index (κ2) is 3.85. The Morgan fingerprint density at radius 1 is 1.69 bits per heavy atom. The molecule has 0 aliphatic carbocycles. The maximum absolute atomic E-state index is 6.01. The number of nitrogens with one attached hydrogen (secondary N) is 1. The summed E-state index contributed by atoms with van der Waals surface area (Å²) < 4.78 is 5.36. The highest BCUT2D eigenvalue weighted by molar-refractivity contribution is 5.00. The normalized spacial score (nSPS) is 25.8. The Morgan fingerprint density at radius 3 is 3.23 bits per heavy atom. The van der Waals surface area contributed by atoms with Crippen LogP contribution < -0.4 is 5.73 Å². The van der Waals surface area contributed by atoms with E-state index in [2.05, 4.69) is 15.4 Å². The Bertz CT molecular complexity index is 243. The molecule has 0 saturated carbocycles. The van der Waals surface area contributed by atoms with Gasteiger partial charge in [-0.15, -0.1) is 0 Å². The fourth-order valence-electron chi connectivity index (χ4n) is 1.66. The van der Waals surface area contributed by atoms with Gasteiger partial charge in [-0.1, -0.05) is 0 Å². The number of hydrogen-bond acceptors (Lipinski definition) is 4. The number of nitrogens with zero attached hydrogens (tertiary/aromatic N) is 2. The van der Waals surface area contributed by atoms with Crippen molar-refractivity contribution in [3.05, 3.63) is 11.9 Å². The van der Waals surface area contributed by atoms with Gasteiger partial charge in [0, 0.05) is 12.5 Å². The second-order valence-corrected chi connectivity index (χ2v) is 3.40. The summed E-state index contributed by atoms with van der Waals surface area (Å²) in [5, 5.41) is 10.3. The van der Waals surface area contributed by atoms with Crippen molar-refractivity contribution in [1.29, 1.82) is 0 Å². The molecular weight excluding hydrogens is 168 g/mol. The van der Waals surface area contributed by atoms with Crippen LogP contribution in [0.1, 0.15) is 24.6 Å². The van der Waals surface area contributed by atoms with Crippen molar-refractivity contribution in [3.8, 4) is 0 Å². The number of ether oxygens (including phenoxy) is 1. The molecule has 0 aromatic carbocycles. The lowest BCUT2D eigenvalue weighted by molar-refractivity contribution is 0.0442. The van der Waals surface area contributed by atoms with Gasteiger partial charge in [-0.05, 0) is 12.8 Å². The monoisotopic (exact) mass is 182 g/mol. The van der Waals surface area contributed by atoms with Crippen LogP contribution >= 0.6 is 0 Å². The van der Waals surface area contributed by atoms with Crippen molar-refractivity contribution < 1.29 is 4.74 Å². The van der Waals surface area contributed by atoms with E-state index in [1.165, 1.54) is 0 Å². The summed E-state index contributed by atoms with van der Waals surface area (Å²) in [6.07, 6.45) is 3.89. The third-order valence-electron chi connectivity index (χ3n) is 2.48. The van der Waals surface area contributed by atoms with Gasteiger partial charge in [0.2, 0.25) is 0 Å². The third kappa shape index (κ3) is 1.87. The first kappa shape index (κ1) is 8.65. The molecule has 0 spiro atoms. The summed E-state index contributed by atoms with van der Waals surface area (Å²) in [5.74, 6) is 0.388. The number of nitrogens with two attached hydrogens (primary N) is 1. The summed E-state index contributed by atoms with van der Waals surface area (Å²) in [4.78, 5) is 0. The smallest absolute Gasteiger partial charge is 0.0995 e. The summed E-state index contributed by atoms with van der Waals surface area (Å²) in [5.41, 5.74) is 6.84. The van der Waals surface area contributed by atoms with E-state index < -0.39 is 0 Å². The van der Waals surface area contributed by atoms with Crippen molar-refractivity contribution >= 4 is 0 Å². The molecule has 2 atom stereocenters. The number of H-pyrrole nitrogens is 1. The molecule has 1 aliphatic rings. The molecule has 0 bridgehead atoms. The lowest BCUT2D eigenvalue weighted by Gasteiger charge is -2.25. The van der Waals surface area contributed by atoms with Gasteiger partial charge in [-0.25, -0.2) is 0 Å². The summed E-state index contributed by atoms with van der Waals surface area (Å²) in [7, 11) is 0. The third-order valence-corrected chi connectivity index (χ3v) is 2.48. The number of aromatic amines is 1. The molecule has 72 valence electrons. The van der Waals surface area contributed by atoms with Crippen molar-refractivity contribution in [2.75, 3.05) is 13.2 Å². The van der Waals surface area contributed by atoms with E-state index in [1.54, 1.807) is 6.20 Å². The highest BCUT2D eigenvalue weighted by Gasteiger charge is 2.23. The van der Waals surface area contributed by atoms with Gasteiger partial charge < -0.3 is 10.5 Å². The van der Waals surface area contributed by atoms with E-state index in [4.69, 9.17) is 10.5 Å². The maximum atomic E-state index is 6.01. The fraction of sp³-hybridized carbons (Fsp3) is 0.750. The van der Waals surface area contributed by atoms with Crippen molar-refractivity contribution in [2.45, 2.75) is 18.9 Å². The molecule has 1 fully saturated rings. The van der Waals surface area contributed by atoms with Crippen LogP contribution in [-0.2, 0) is 4.74 Å². The van der Waals surface area contributed by atoms with Crippen LogP contribution in [0.3, 0.4) is 0 Å². The first-order valence-electron chi connectivity index (χ1n) is 4.57. The van der Waals surface area contributed by atoms with Crippen LogP contribution in [0.15, 0.2) is 6.20 Å². The standard InChI is InChI=1S/C8H14N4O/c9-8(7-4-10-12-11-7)6-2-1-3-13-5-6/h4,6,8H,1-3,5,9H2,(H,10,11,12). The molecule has 2 rings (SSSR count). The Hall–Kier alpha value is -0.940. The van der Waals surface area contributed by atoms with Crippen LogP contribution in [0.5, 0.6) is 0 Å². The molecule has 5 nitrogen and oxygen atoms in total. The molecule has 1 saturated heterocycles. The van der Waals surface area contributed by atoms with E-state index >= 15 is 0 Å². The summed E-state index contributed by atoms with van der Waals surface area (Å²) in [6, 6.07) is -0.0425. The maximum Gasteiger partial charge on any atom is 0.0995 e. The molecule has 2 heterocycles. The van der Waals surface area contributed by atoms with Gasteiger partial charge in [0.05, 0.1) is 24.5 Å². The Labute approximate surface area is 76.7 Å². The van der Waals surface area contributed by atoms with Gasteiger partial charge in [0.15, 0.2) is 0 Å². The molecule has 3 N–H and O–H groups in total. The Morgan fingerprint density at radius 2 is 2.62 bits per heavy atom. The van der Waals surface area contributed by atoms with Crippen LogP contribution in [0, 0.1) is 5.92 Å². The Balaban J connectivity index is 1.99. The van der Waals surface area contributed by atoms with Crippen LogP contribution in [-0.4, -0.2) is 28.6 Å². The molecular formula is C8H14N4O. The minimum absolute atomic E-state index is 0.0425. The van der Waals surface area contributed by atoms with Gasteiger partial charge in [0.25, 0.3) is 0 Å². The lowest BCUT2D eigenvalue weighted by atomic mass is 9.93. The van der Waals surface area contributed by atoms with Gasteiger partial charge in [-0.3, -0.25) is 0 Å². The molecule has 1 aromatic heterocycles. The van der Waals surface area contributed by atoms with Gasteiger partial charge >= 0.3 is 0 Å². The highest BCUT2D eigenvalue weighted by Crippen LogP contribution is 2.24. The minimum atomic E-state index is -0.0425. The van der Waals surface area contributed by atoms with Crippen LogP contribution in [0.25, 0.3) is 0 Å². The SMILES string of the molecule is NC(c1cn[nH]n1)C1CCCOC1. The zero-order valence-corrected chi connectivity index (χ0v) is 7.44. The zero-order valence-electron chi connectivity index (χ0n) is 7.44. The number of hydrogen-bond donors (Lipinski definition) is 2. The van der Waals surface area contributed by atoms with Crippen LogP contribution in [0.4, 0.5) is 0 Å². The molecule has 13 heavy (non-hydrogen) atoms. The Kier molecular flexibility index (Phi) is 2.56. The van der Waals surface area contributed by atoms with E-state index in [9.17, 15) is 0 Å². The van der Waals surface area contributed by atoms with E-state index in [-0.39, 0.29) is 6.04 Å². The molecule has 0 amide bonds. The average molecular weight is 182 g/mol. The van der Waals surface area contributed by atoms with Crippen molar-refractivity contribution in [2.24, 2.45) is 11.7 Å². The van der Waals surface area contributed by atoms with E-state index in [1.807, 2.05) is 0 Å². The van der Waals surface area contributed by atoms with Crippen molar-refractivity contribution in [1.82, 2.24) is 15.4 Å². The summed E-state index contributed by atoms with van der Waals surface area (Å²) in [6.45, 7) is 1.61. The summed E-state index contributed by atoms with van der Waals surface area (Å²) >= 11 is 0. The number of aromatic nitrogens is 3. The average Bonchev–Trinajstić information content (AvgIpc) is 2.71. The quantitative estimate of drug-likeness (QED) is 0.686. The van der Waals surface area contributed by atoms with E-state index in [0.717, 1.165) is 31.7 Å². The molecule has 5 heteroatoms. The fourth-order valence-corrected chi connectivity index (χ4v) is 1.66. The highest BCUT2D eigenvalue weighted by atomic mass is 16.5. The molecule has 0 radical (unpaired) electrons. The predicted octanol–water partition coefficient (Wildman–Crippen LogP) is 0.231. The second-order valence-electron chi connectivity index (χ2n) is 3.40.